The minimum Gasteiger partial charge on any atom is -0.476 e. The highest BCUT2D eigenvalue weighted by Gasteiger charge is 2.22. The molecule has 1 N–H and O–H groups in total. The number of nitrogens with zero attached hydrogens (tertiary/aromatic N) is 5. The third-order valence-corrected chi connectivity index (χ3v) is 3.87. The number of aromatic carboxylic acids is 1. The summed E-state index contributed by atoms with van der Waals surface area (Å²) in [6, 6.07) is 0. The molecule has 2 aromatic rings. The van der Waals surface area contributed by atoms with Crippen molar-refractivity contribution < 1.29 is 9.90 Å². The Morgan fingerprint density at radius 2 is 1.95 bits per heavy atom. The Morgan fingerprint density at radius 1 is 1.25 bits per heavy atom. The predicted molar refractivity (Wildman–Crippen MR) is 74.4 cm³/mol. The Balaban J connectivity index is 2.47. The van der Waals surface area contributed by atoms with Gasteiger partial charge < -0.3 is 5.11 Å². The van der Waals surface area contributed by atoms with Crippen molar-refractivity contribution in [2.45, 2.75) is 40.0 Å². The largest absolute Gasteiger partial charge is 0.476 e. The molecule has 0 spiro atoms. The van der Waals surface area contributed by atoms with Gasteiger partial charge in [0, 0.05) is 5.92 Å². The van der Waals surface area contributed by atoms with Gasteiger partial charge in [0.1, 0.15) is 5.01 Å². The summed E-state index contributed by atoms with van der Waals surface area (Å²) in [5.41, 5.74) is 0.555. The van der Waals surface area contributed by atoms with Crippen molar-refractivity contribution >= 4 is 17.3 Å². The van der Waals surface area contributed by atoms with Crippen LogP contribution >= 0.6 is 11.3 Å². The van der Waals surface area contributed by atoms with Crippen LogP contribution in [0.4, 0.5) is 0 Å². The highest BCUT2D eigenvalue weighted by molar-refractivity contribution is 7.13. The Labute approximate surface area is 120 Å². The van der Waals surface area contributed by atoms with Crippen LogP contribution in [0.2, 0.25) is 0 Å². The van der Waals surface area contributed by atoms with E-state index in [-0.39, 0.29) is 11.6 Å². The van der Waals surface area contributed by atoms with Gasteiger partial charge in [0.05, 0.1) is 5.69 Å². The summed E-state index contributed by atoms with van der Waals surface area (Å²) in [7, 11) is 0. The standard InChI is InChI=1S/C12H17N5O2S/c1-6(2)5-8-9(11(18)19)13-16-17(8)12-15-14-10(20-12)7(3)4/h6-7H,5H2,1-4H3,(H,18,19). The molecule has 0 saturated heterocycles. The molecule has 0 unspecified atom stereocenters. The van der Waals surface area contributed by atoms with E-state index in [1.54, 1.807) is 0 Å². The van der Waals surface area contributed by atoms with Crippen molar-refractivity contribution in [3.63, 3.8) is 0 Å². The fourth-order valence-corrected chi connectivity index (χ4v) is 2.56. The SMILES string of the molecule is CC(C)Cc1c(C(=O)O)nnn1-c1nnc(C(C)C)s1. The first kappa shape index (κ1) is 14.6. The summed E-state index contributed by atoms with van der Waals surface area (Å²) in [4.78, 5) is 11.2. The van der Waals surface area contributed by atoms with Gasteiger partial charge in [0.2, 0.25) is 5.13 Å². The van der Waals surface area contributed by atoms with Crippen LogP contribution in [0.25, 0.3) is 5.13 Å². The van der Waals surface area contributed by atoms with E-state index in [0.717, 1.165) is 5.01 Å². The number of carboxylic acid groups (broad SMARTS) is 1. The number of aromatic nitrogens is 5. The van der Waals surface area contributed by atoms with Crippen LogP contribution in [0.5, 0.6) is 0 Å². The van der Waals surface area contributed by atoms with Crippen molar-refractivity contribution in [1.29, 1.82) is 0 Å². The monoisotopic (exact) mass is 295 g/mol. The smallest absolute Gasteiger partial charge is 0.358 e. The van der Waals surface area contributed by atoms with Gasteiger partial charge in [-0.2, -0.15) is 4.68 Å². The predicted octanol–water partition coefficient (Wildman–Crippen LogP) is 2.14. The molecular formula is C12H17N5O2S. The van der Waals surface area contributed by atoms with Crippen LogP contribution < -0.4 is 0 Å². The van der Waals surface area contributed by atoms with E-state index in [4.69, 9.17) is 0 Å². The second-order valence-corrected chi connectivity index (χ2v) is 6.26. The average Bonchev–Trinajstić information content (AvgIpc) is 2.93. The van der Waals surface area contributed by atoms with Crippen LogP contribution in [0, 0.1) is 5.92 Å². The maximum atomic E-state index is 11.2. The highest BCUT2D eigenvalue weighted by Crippen LogP contribution is 2.23. The number of carboxylic acids is 1. The van der Waals surface area contributed by atoms with Gasteiger partial charge in [-0.1, -0.05) is 44.2 Å². The molecule has 2 heterocycles. The lowest BCUT2D eigenvalue weighted by molar-refractivity contribution is 0.0689. The van der Waals surface area contributed by atoms with Crippen LogP contribution in [-0.4, -0.2) is 36.3 Å². The maximum absolute atomic E-state index is 11.2. The van der Waals surface area contributed by atoms with Gasteiger partial charge >= 0.3 is 5.97 Å². The zero-order chi connectivity index (χ0) is 14.9. The Hall–Kier alpha value is -1.83. The zero-order valence-corrected chi connectivity index (χ0v) is 12.7. The zero-order valence-electron chi connectivity index (χ0n) is 11.9. The van der Waals surface area contributed by atoms with Gasteiger partial charge in [-0.15, -0.1) is 15.3 Å². The second-order valence-electron chi connectivity index (χ2n) is 5.28. The van der Waals surface area contributed by atoms with Gasteiger partial charge in [-0.05, 0) is 12.3 Å². The molecule has 0 saturated carbocycles. The minimum absolute atomic E-state index is 0.0139. The average molecular weight is 295 g/mol. The molecule has 7 nitrogen and oxygen atoms in total. The van der Waals surface area contributed by atoms with Crippen LogP contribution in [0.15, 0.2) is 0 Å². The molecule has 20 heavy (non-hydrogen) atoms. The third-order valence-electron chi connectivity index (χ3n) is 2.67. The first-order chi connectivity index (χ1) is 9.40. The van der Waals surface area contributed by atoms with Crippen molar-refractivity contribution in [3.8, 4) is 5.13 Å². The van der Waals surface area contributed by atoms with Crippen molar-refractivity contribution in [3.05, 3.63) is 16.4 Å². The Bertz CT molecular complexity index is 617. The van der Waals surface area contributed by atoms with Crippen molar-refractivity contribution in [2.24, 2.45) is 5.92 Å². The summed E-state index contributed by atoms with van der Waals surface area (Å²) >= 11 is 1.41. The normalized spacial score (nSPS) is 11.5. The molecule has 0 bridgehead atoms. The lowest BCUT2D eigenvalue weighted by Crippen LogP contribution is -2.09. The molecule has 0 aliphatic carbocycles. The van der Waals surface area contributed by atoms with E-state index >= 15 is 0 Å². The molecule has 0 aliphatic rings. The van der Waals surface area contributed by atoms with E-state index in [2.05, 4.69) is 20.5 Å². The molecule has 0 aromatic carbocycles. The number of rotatable bonds is 5. The summed E-state index contributed by atoms with van der Waals surface area (Å²) < 4.78 is 1.49. The van der Waals surface area contributed by atoms with E-state index in [9.17, 15) is 9.90 Å². The van der Waals surface area contributed by atoms with Gasteiger partial charge in [-0.3, -0.25) is 0 Å². The van der Waals surface area contributed by atoms with E-state index < -0.39 is 5.97 Å². The molecule has 0 radical (unpaired) electrons. The summed E-state index contributed by atoms with van der Waals surface area (Å²) in [6.07, 6.45) is 0.575. The summed E-state index contributed by atoms with van der Waals surface area (Å²) in [6.45, 7) is 8.10. The van der Waals surface area contributed by atoms with E-state index in [0.29, 0.717) is 23.2 Å². The number of hydrogen-bond donors (Lipinski definition) is 1. The quantitative estimate of drug-likeness (QED) is 0.908. The molecule has 8 heteroatoms. The lowest BCUT2D eigenvalue weighted by atomic mass is 10.1. The first-order valence-electron chi connectivity index (χ1n) is 6.41. The van der Waals surface area contributed by atoms with Gasteiger partial charge in [0.25, 0.3) is 0 Å². The van der Waals surface area contributed by atoms with Crippen LogP contribution in [0.3, 0.4) is 0 Å². The molecule has 0 atom stereocenters. The van der Waals surface area contributed by atoms with Gasteiger partial charge in [-0.25, -0.2) is 4.79 Å². The van der Waals surface area contributed by atoms with E-state index in [1.807, 2.05) is 27.7 Å². The molecule has 2 aromatic heterocycles. The molecule has 2 rings (SSSR count). The number of carbonyl (C=O) groups is 1. The molecular weight excluding hydrogens is 278 g/mol. The number of hydrogen-bond acceptors (Lipinski definition) is 6. The van der Waals surface area contributed by atoms with Gasteiger partial charge in [0.15, 0.2) is 5.69 Å². The lowest BCUT2D eigenvalue weighted by Gasteiger charge is -2.06. The Morgan fingerprint density at radius 3 is 2.45 bits per heavy atom. The van der Waals surface area contributed by atoms with Crippen LogP contribution in [-0.2, 0) is 6.42 Å². The van der Waals surface area contributed by atoms with Crippen LogP contribution in [0.1, 0.15) is 54.8 Å². The van der Waals surface area contributed by atoms with Crippen molar-refractivity contribution in [1.82, 2.24) is 25.2 Å². The summed E-state index contributed by atoms with van der Waals surface area (Å²) in [5, 5.41) is 26.5. The highest BCUT2D eigenvalue weighted by atomic mass is 32.1. The van der Waals surface area contributed by atoms with E-state index in [1.165, 1.54) is 16.0 Å². The summed E-state index contributed by atoms with van der Waals surface area (Å²) in [5.74, 6) is -0.499. The van der Waals surface area contributed by atoms with Crippen molar-refractivity contribution in [2.75, 3.05) is 0 Å². The minimum atomic E-state index is -1.07. The third kappa shape index (κ3) is 2.84. The molecule has 0 aliphatic heterocycles. The Kier molecular flexibility index (Phi) is 4.12. The topological polar surface area (TPSA) is 93.8 Å². The maximum Gasteiger partial charge on any atom is 0.358 e. The first-order valence-corrected chi connectivity index (χ1v) is 7.23. The molecule has 0 fully saturated rings. The molecule has 108 valence electrons. The molecule has 0 amide bonds. The second kappa shape index (κ2) is 5.66. The fourth-order valence-electron chi connectivity index (χ4n) is 1.74. The fraction of sp³-hybridized carbons (Fsp3) is 0.583.